The highest BCUT2D eigenvalue weighted by Crippen LogP contribution is 2.27. The SMILES string of the molecule is Cc1cc(OCc2ccc(C(=O)Nc3nn(Cc4ccc(Cl)c(Cl)c4)cc3Cl)cc2)cc(C)c1Cl. The van der Waals surface area contributed by atoms with Crippen LogP contribution in [0.25, 0.3) is 0 Å². The Bertz CT molecular complexity index is 1360. The molecule has 9 heteroatoms. The monoisotopic (exact) mass is 547 g/mol. The van der Waals surface area contributed by atoms with Gasteiger partial charge in [0.1, 0.15) is 17.4 Å². The van der Waals surface area contributed by atoms with Gasteiger partial charge in [-0.25, -0.2) is 0 Å². The summed E-state index contributed by atoms with van der Waals surface area (Å²) in [6, 6.07) is 16.3. The fraction of sp³-hybridized carbons (Fsp3) is 0.154. The minimum absolute atomic E-state index is 0.276. The lowest BCUT2D eigenvalue weighted by molar-refractivity contribution is 0.102. The van der Waals surface area contributed by atoms with E-state index in [9.17, 15) is 4.79 Å². The number of rotatable bonds is 7. The van der Waals surface area contributed by atoms with Crippen molar-refractivity contribution in [1.29, 1.82) is 0 Å². The van der Waals surface area contributed by atoms with E-state index in [1.807, 2.05) is 44.2 Å². The standard InChI is InChI=1S/C26H21Cl4N3O2/c1-15-9-20(10-16(2)24(15)30)35-14-17-3-6-19(7-4-17)26(34)31-25-23(29)13-33(32-25)12-18-5-8-21(27)22(28)11-18/h3-11,13H,12,14H2,1-2H3,(H,31,32,34). The molecule has 35 heavy (non-hydrogen) atoms. The Morgan fingerprint density at radius 1 is 0.886 bits per heavy atom. The molecule has 0 spiro atoms. The maximum atomic E-state index is 12.7. The molecule has 5 nitrogen and oxygen atoms in total. The quantitative estimate of drug-likeness (QED) is 0.254. The molecule has 4 aromatic rings. The van der Waals surface area contributed by atoms with Gasteiger partial charge in [0, 0.05) is 16.8 Å². The Labute approximate surface area is 223 Å². The summed E-state index contributed by atoms with van der Waals surface area (Å²) in [5.41, 5.74) is 4.23. The molecule has 0 saturated carbocycles. The molecule has 0 fully saturated rings. The van der Waals surface area contributed by atoms with Crippen LogP contribution < -0.4 is 10.1 Å². The van der Waals surface area contributed by atoms with Crippen molar-refractivity contribution in [3.8, 4) is 5.75 Å². The Balaban J connectivity index is 1.37. The summed E-state index contributed by atoms with van der Waals surface area (Å²) in [7, 11) is 0. The molecule has 3 aromatic carbocycles. The summed E-state index contributed by atoms with van der Waals surface area (Å²) in [5, 5.41) is 9.14. The van der Waals surface area contributed by atoms with Crippen LogP contribution in [0.2, 0.25) is 20.1 Å². The van der Waals surface area contributed by atoms with Gasteiger partial charge < -0.3 is 10.1 Å². The summed E-state index contributed by atoms with van der Waals surface area (Å²) in [5.74, 6) is 0.707. The summed E-state index contributed by atoms with van der Waals surface area (Å²) in [4.78, 5) is 12.7. The second-order valence-corrected chi connectivity index (χ2v) is 9.68. The third-order valence-electron chi connectivity index (χ3n) is 5.31. The van der Waals surface area contributed by atoms with Crippen molar-refractivity contribution >= 4 is 58.1 Å². The Morgan fingerprint density at radius 3 is 2.20 bits per heavy atom. The zero-order valence-electron chi connectivity index (χ0n) is 18.9. The van der Waals surface area contributed by atoms with Gasteiger partial charge in [-0.15, -0.1) is 0 Å². The van der Waals surface area contributed by atoms with Crippen molar-refractivity contribution < 1.29 is 9.53 Å². The number of ether oxygens (including phenoxy) is 1. The highest BCUT2D eigenvalue weighted by molar-refractivity contribution is 6.42. The third-order valence-corrected chi connectivity index (χ3v) is 6.92. The largest absolute Gasteiger partial charge is 0.489 e. The molecular weight excluding hydrogens is 528 g/mol. The van der Waals surface area contributed by atoms with Crippen molar-refractivity contribution in [2.24, 2.45) is 0 Å². The second kappa shape index (κ2) is 10.9. The van der Waals surface area contributed by atoms with Gasteiger partial charge in [0.25, 0.3) is 5.91 Å². The van der Waals surface area contributed by atoms with Crippen molar-refractivity contribution in [2.75, 3.05) is 5.32 Å². The maximum absolute atomic E-state index is 12.7. The summed E-state index contributed by atoms with van der Waals surface area (Å²) in [6.07, 6.45) is 1.64. The van der Waals surface area contributed by atoms with Crippen molar-refractivity contribution in [1.82, 2.24) is 9.78 Å². The van der Waals surface area contributed by atoms with Gasteiger partial charge in [0.15, 0.2) is 5.82 Å². The van der Waals surface area contributed by atoms with E-state index in [1.54, 1.807) is 35.1 Å². The van der Waals surface area contributed by atoms with Crippen LogP contribution in [0.3, 0.4) is 0 Å². The average molecular weight is 549 g/mol. The molecule has 0 radical (unpaired) electrons. The molecule has 1 N–H and O–H groups in total. The van der Waals surface area contributed by atoms with Gasteiger partial charge in [-0.2, -0.15) is 5.10 Å². The molecule has 0 bridgehead atoms. The number of hydrogen-bond donors (Lipinski definition) is 1. The Kier molecular flexibility index (Phi) is 7.92. The Hall–Kier alpha value is -2.70. The topological polar surface area (TPSA) is 56.1 Å². The lowest BCUT2D eigenvalue weighted by Gasteiger charge is -2.10. The van der Waals surface area contributed by atoms with E-state index in [2.05, 4.69) is 10.4 Å². The zero-order valence-corrected chi connectivity index (χ0v) is 21.9. The van der Waals surface area contributed by atoms with Gasteiger partial charge in [-0.3, -0.25) is 9.48 Å². The van der Waals surface area contributed by atoms with E-state index < -0.39 is 0 Å². The number of aromatic nitrogens is 2. The fourth-order valence-electron chi connectivity index (χ4n) is 3.48. The molecular formula is C26H21Cl4N3O2. The van der Waals surface area contributed by atoms with Crippen molar-refractivity contribution in [3.05, 3.63) is 109 Å². The number of nitrogens with zero attached hydrogens (tertiary/aromatic N) is 2. The van der Waals surface area contributed by atoms with Gasteiger partial charge in [-0.05, 0) is 72.5 Å². The fourth-order valence-corrected chi connectivity index (χ4v) is 4.10. The van der Waals surface area contributed by atoms with Crippen LogP contribution in [-0.2, 0) is 13.2 Å². The van der Waals surface area contributed by atoms with E-state index in [0.29, 0.717) is 33.8 Å². The smallest absolute Gasteiger partial charge is 0.256 e. The Morgan fingerprint density at radius 2 is 1.54 bits per heavy atom. The number of carbonyl (C=O) groups is 1. The molecule has 0 unspecified atom stereocenters. The van der Waals surface area contributed by atoms with Crippen LogP contribution in [0.1, 0.15) is 32.6 Å². The number of anilines is 1. The molecule has 1 heterocycles. The molecule has 180 valence electrons. The molecule has 4 rings (SSSR count). The number of aryl methyl sites for hydroxylation is 2. The minimum atomic E-state index is -0.317. The predicted octanol–water partition coefficient (Wildman–Crippen LogP) is 7.99. The number of benzene rings is 3. The van der Waals surface area contributed by atoms with Gasteiger partial charge in [-0.1, -0.05) is 64.6 Å². The zero-order chi connectivity index (χ0) is 25.1. The minimum Gasteiger partial charge on any atom is -0.489 e. The van der Waals surface area contributed by atoms with E-state index in [1.165, 1.54) is 0 Å². The highest BCUT2D eigenvalue weighted by Gasteiger charge is 2.13. The molecule has 0 saturated heterocycles. The molecule has 0 aliphatic rings. The van der Waals surface area contributed by atoms with Crippen LogP contribution in [0.5, 0.6) is 5.75 Å². The number of halogens is 4. The van der Waals surface area contributed by atoms with Crippen LogP contribution in [0, 0.1) is 13.8 Å². The van der Waals surface area contributed by atoms with E-state index in [-0.39, 0.29) is 11.7 Å². The number of carbonyl (C=O) groups excluding carboxylic acids is 1. The third kappa shape index (κ3) is 6.30. The van der Waals surface area contributed by atoms with E-state index >= 15 is 0 Å². The molecule has 1 amide bonds. The molecule has 0 atom stereocenters. The predicted molar refractivity (Wildman–Crippen MR) is 142 cm³/mol. The van der Waals surface area contributed by atoms with E-state index in [4.69, 9.17) is 51.1 Å². The second-order valence-electron chi connectivity index (χ2n) is 8.08. The average Bonchev–Trinajstić information content (AvgIpc) is 3.17. The molecule has 1 aromatic heterocycles. The summed E-state index contributed by atoms with van der Waals surface area (Å²) in [6.45, 7) is 4.68. The maximum Gasteiger partial charge on any atom is 0.256 e. The normalized spacial score (nSPS) is 10.9. The molecule has 0 aliphatic carbocycles. The number of hydrogen-bond acceptors (Lipinski definition) is 3. The summed E-state index contributed by atoms with van der Waals surface area (Å²) >= 11 is 24.5. The lowest BCUT2D eigenvalue weighted by atomic mass is 10.1. The highest BCUT2D eigenvalue weighted by atomic mass is 35.5. The number of amides is 1. The van der Waals surface area contributed by atoms with Gasteiger partial charge >= 0.3 is 0 Å². The molecule has 0 aliphatic heterocycles. The van der Waals surface area contributed by atoms with Crippen LogP contribution in [-0.4, -0.2) is 15.7 Å². The first-order valence-electron chi connectivity index (χ1n) is 10.7. The first-order chi connectivity index (χ1) is 16.7. The number of nitrogens with one attached hydrogen (secondary N) is 1. The van der Waals surface area contributed by atoms with E-state index in [0.717, 1.165) is 33.0 Å². The lowest BCUT2D eigenvalue weighted by Crippen LogP contribution is -2.13. The van der Waals surface area contributed by atoms with Crippen LogP contribution in [0.15, 0.2) is 60.8 Å². The van der Waals surface area contributed by atoms with Gasteiger partial charge in [0.2, 0.25) is 0 Å². The first kappa shape index (κ1) is 25.4. The first-order valence-corrected chi connectivity index (χ1v) is 12.2. The summed E-state index contributed by atoms with van der Waals surface area (Å²) < 4.78 is 7.50. The van der Waals surface area contributed by atoms with Crippen LogP contribution in [0.4, 0.5) is 5.82 Å². The van der Waals surface area contributed by atoms with Crippen molar-refractivity contribution in [3.63, 3.8) is 0 Å². The van der Waals surface area contributed by atoms with Crippen LogP contribution >= 0.6 is 46.4 Å². The van der Waals surface area contributed by atoms with Crippen molar-refractivity contribution in [2.45, 2.75) is 27.0 Å². The van der Waals surface area contributed by atoms with Gasteiger partial charge in [0.05, 0.1) is 16.6 Å².